The average Bonchev–Trinajstić information content (AvgIpc) is 2.84. The molecule has 4 rings (SSSR count). The summed E-state index contributed by atoms with van der Waals surface area (Å²) in [6, 6.07) is 12.4. The number of hydrogen-bond donors (Lipinski definition) is 1. The molecule has 1 N–H and O–H groups in total. The molecule has 2 atom stereocenters. The first-order valence-corrected chi connectivity index (χ1v) is 10.7. The highest BCUT2D eigenvalue weighted by atomic mass is 16.5. The van der Waals surface area contributed by atoms with Crippen LogP contribution in [0.3, 0.4) is 0 Å². The van der Waals surface area contributed by atoms with E-state index >= 15 is 0 Å². The van der Waals surface area contributed by atoms with Gasteiger partial charge in [0.1, 0.15) is 17.6 Å². The first-order valence-electron chi connectivity index (χ1n) is 10.7. The van der Waals surface area contributed by atoms with Gasteiger partial charge in [0.05, 0.1) is 13.7 Å². The maximum absolute atomic E-state index is 13.0. The highest BCUT2D eigenvalue weighted by molar-refractivity contribution is 6.08. The van der Waals surface area contributed by atoms with Crippen molar-refractivity contribution in [3.8, 4) is 5.75 Å². The summed E-state index contributed by atoms with van der Waals surface area (Å²) in [5, 5.41) is 2.83. The fraction of sp³-hybridized carbons (Fsp3) is 0.391. The molecule has 2 aliphatic heterocycles. The molecule has 2 unspecified atom stereocenters. The first-order chi connectivity index (χ1) is 15.6. The third kappa shape index (κ3) is 4.51. The van der Waals surface area contributed by atoms with E-state index in [9.17, 15) is 9.59 Å². The van der Waals surface area contributed by atoms with E-state index in [0.29, 0.717) is 24.8 Å². The smallest absolute Gasteiger partial charge is 0.321 e. The van der Waals surface area contributed by atoms with Gasteiger partial charge in [-0.2, -0.15) is 0 Å². The first kappa shape index (κ1) is 21.6. The monoisotopic (exact) mass is 437 g/mol. The number of methoxy groups -OCH3 is 1. The molecule has 0 spiro atoms. The lowest BCUT2D eigenvalue weighted by Crippen LogP contribution is -2.57. The zero-order valence-corrected chi connectivity index (χ0v) is 18.2. The molecule has 3 heterocycles. The minimum Gasteiger partial charge on any atom is -0.497 e. The van der Waals surface area contributed by atoms with E-state index < -0.39 is 23.8 Å². The Labute approximate surface area is 187 Å². The number of hydrogen-bond acceptors (Lipinski definition) is 8. The summed E-state index contributed by atoms with van der Waals surface area (Å²) in [5.41, 5.74) is 0.753. The van der Waals surface area contributed by atoms with Gasteiger partial charge in [0, 0.05) is 32.4 Å². The van der Waals surface area contributed by atoms with Gasteiger partial charge in [-0.15, -0.1) is 0 Å². The number of pyridine rings is 1. The van der Waals surface area contributed by atoms with Gasteiger partial charge in [-0.05, 0) is 36.8 Å². The van der Waals surface area contributed by atoms with Crippen molar-refractivity contribution in [2.45, 2.75) is 13.0 Å². The van der Waals surface area contributed by atoms with Crippen LogP contribution < -0.4 is 15.0 Å². The Morgan fingerprint density at radius 3 is 2.44 bits per heavy atom. The van der Waals surface area contributed by atoms with Crippen molar-refractivity contribution in [2.24, 2.45) is 10.9 Å². The predicted molar refractivity (Wildman–Crippen MR) is 119 cm³/mol. The number of rotatable bonds is 5. The number of aliphatic imine (C=N–C) groups is 1. The van der Waals surface area contributed by atoms with Crippen molar-refractivity contribution >= 4 is 23.7 Å². The van der Waals surface area contributed by atoms with Crippen LogP contribution >= 0.6 is 0 Å². The standard InChI is InChI=1S/C23H27N5O4/c1-3-32-22(30)19-20(16-7-9-17(31-2)10-8-16)25-23(26-21(19)29)28-14-12-27(13-15-28)18-6-4-5-11-24-18/h4-11,19-20H,3,12-15H2,1-2H3,(H,25,26,29). The second kappa shape index (κ2) is 9.67. The van der Waals surface area contributed by atoms with E-state index in [2.05, 4.69) is 15.2 Å². The SMILES string of the molecule is CCOC(=O)C1C(=O)NC(N2CCN(c3ccccn3)CC2)=NC1c1ccc(OC)cc1. The Morgan fingerprint density at radius 1 is 1.09 bits per heavy atom. The maximum atomic E-state index is 13.0. The number of guanidine groups is 1. The molecule has 2 aromatic rings. The lowest BCUT2D eigenvalue weighted by Gasteiger charge is -2.39. The number of carbonyl (C=O) groups excluding carboxylic acids is 2. The molecule has 1 amide bonds. The average molecular weight is 438 g/mol. The molecule has 9 nitrogen and oxygen atoms in total. The number of carbonyl (C=O) groups is 2. The molecular formula is C23H27N5O4. The molecule has 0 saturated carbocycles. The molecule has 1 aromatic heterocycles. The Hall–Kier alpha value is -3.62. The third-order valence-electron chi connectivity index (χ3n) is 5.64. The lowest BCUT2D eigenvalue weighted by atomic mass is 9.91. The van der Waals surface area contributed by atoms with Crippen molar-refractivity contribution in [1.29, 1.82) is 0 Å². The van der Waals surface area contributed by atoms with Gasteiger partial charge in [-0.25, -0.2) is 9.98 Å². The second-order valence-electron chi connectivity index (χ2n) is 7.55. The maximum Gasteiger partial charge on any atom is 0.321 e. The number of esters is 1. The van der Waals surface area contributed by atoms with Gasteiger partial charge >= 0.3 is 5.97 Å². The van der Waals surface area contributed by atoms with E-state index in [-0.39, 0.29) is 6.61 Å². The Morgan fingerprint density at radius 2 is 1.81 bits per heavy atom. The molecule has 1 aromatic carbocycles. The normalized spacial score (nSPS) is 20.9. The van der Waals surface area contributed by atoms with Crippen LogP contribution in [0.1, 0.15) is 18.5 Å². The van der Waals surface area contributed by atoms with Gasteiger partial charge < -0.3 is 19.3 Å². The summed E-state index contributed by atoms with van der Waals surface area (Å²) in [7, 11) is 1.59. The number of nitrogens with zero attached hydrogens (tertiary/aromatic N) is 4. The van der Waals surface area contributed by atoms with Crippen LogP contribution in [0.25, 0.3) is 0 Å². The van der Waals surface area contributed by atoms with E-state index in [1.165, 1.54) is 0 Å². The van der Waals surface area contributed by atoms with Crippen LogP contribution in [0.5, 0.6) is 5.75 Å². The largest absolute Gasteiger partial charge is 0.497 e. The second-order valence-corrected chi connectivity index (χ2v) is 7.55. The van der Waals surface area contributed by atoms with Crippen LogP contribution in [-0.4, -0.2) is 67.6 Å². The summed E-state index contributed by atoms with van der Waals surface area (Å²) in [4.78, 5) is 39.0. The Bertz CT molecular complexity index is 972. The highest BCUT2D eigenvalue weighted by Crippen LogP contribution is 2.32. The fourth-order valence-electron chi connectivity index (χ4n) is 3.95. The Balaban J connectivity index is 1.56. The molecule has 32 heavy (non-hydrogen) atoms. The molecule has 1 fully saturated rings. The van der Waals surface area contributed by atoms with Crippen LogP contribution in [0, 0.1) is 5.92 Å². The number of amides is 1. The fourth-order valence-corrected chi connectivity index (χ4v) is 3.95. The molecule has 0 radical (unpaired) electrons. The van der Waals surface area contributed by atoms with Crippen LogP contribution in [0.4, 0.5) is 5.82 Å². The quantitative estimate of drug-likeness (QED) is 0.561. The van der Waals surface area contributed by atoms with Crippen molar-refractivity contribution in [2.75, 3.05) is 44.8 Å². The topological polar surface area (TPSA) is 96.4 Å². The molecular weight excluding hydrogens is 410 g/mol. The third-order valence-corrected chi connectivity index (χ3v) is 5.64. The van der Waals surface area contributed by atoms with E-state index in [0.717, 1.165) is 24.5 Å². The molecule has 9 heteroatoms. The molecule has 0 aliphatic carbocycles. The van der Waals surface area contributed by atoms with Crippen LogP contribution in [0.2, 0.25) is 0 Å². The summed E-state index contributed by atoms with van der Waals surface area (Å²) in [5.74, 6) is 0.0887. The highest BCUT2D eigenvalue weighted by Gasteiger charge is 2.42. The van der Waals surface area contributed by atoms with Crippen molar-refractivity contribution in [3.63, 3.8) is 0 Å². The van der Waals surface area contributed by atoms with Gasteiger partial charge in [0.15, 0.2) is 5.92 Å². The van der Waals surface area contributed by atoms with Crippen molar-refractivity contribution < 1.29 is 19.1 Å². The summed E-state index contributed by atoms with van der Waals surface area (Å²) < 4.78 is 10.4. The van der Waals surface area contributed by atoms with E-state index in [1.807, 2.05) is 35.2 Å². The zero-order chi connectivity index (χ0) is 22.5. The Kier molecular flexibility index (Phi) is 6.53. The minimum atomic E-state index is -1.04. The van der Waals surface area contributed by atoms with Gasteiger partial charge in [-0.1, -0.05) is 18.2 Å². The summed E-state index contributed by atoms with van der Waals surface area (Å²) in [6.07, 6.45) is 1.78. The van der Waals surface area contributed by atoms with Crippen molar-refractivity contribution in [1.82, 2.24) is 15.2 Å². The van der Waals surface area contributed by atoms with Gasteiger partial charge in [0.2, 0.25) is 11.9 Å². The summed E-state index contributed by atoms with van der Waals surface area (Å²) >= 11 is 0. The number of ether oxygens (including phenoxy) is 2. The number of piperazine rings is 1. The minimum absolute atomic E-state index is 0.198. The number of benzene rings is 1. The molecule has 1 saturated heterocycles. The van der Waals surface area contributed by atoms with Crippen molar-refractivity contribution in [3.05, 3.63) is 54.2 Å². The lowest BCUT2D eigenvalue weighted by molar-refractivity contribution is -0.153. The predicted octanol–water partition coefficient (Wildman–Crippen LogP) is 1.62. The van der Waals surface area contributed by atoms with Gasteiger partial charge in [0.25, 0.3) is 0 Å². The zero-order valence-electron chi connectivity index (χ0n) is 18.2. The van der Waals surface area contributed by atoms with E-state index in [1.54, 1.807) is 32.4 Å². The molecule has 0 bridgehead atoms. The van der Waals surface area contributed by atoms with Crippen LogP contribution in [-0.2, 0) is 14.3 Å². The molecule has 168 valence electrons. The van der Waals surface area contributed by atoms with Crippen LogP contribution in [0.15, 0.2) is 53.7 Å². The number of nitrogens with one attached hydrogen (secondary N) is 1. The molecule has 2 aliphatic rings. The number of aromatic nitrogens is 1. The van der Waals surface area contributed by atoms with E-state index in [4.69, 9.17) is 14.5 Å². The van der Waals surface area contributed by atoms with Gasteiger partial charge in [-0.3, -0.25) is 14.9 Å². The summed E-state index contributed by atoms with van der Waals surface area (Å²) in [6.45, 7) is 4.77. The number of anilines is 1.